The van der Waals surface area contributed by atoms with Crippen molar-refractivity contribution >= 4 is 21.8 Å². The Morgan fingerprint density at radius 2 is 1.86 bits per heavy atom. The summed E-state index contributed by atoms with van der Waals surface area (Å²) in [7, 11) is 1.68. The van der Waals surface area contributed by atoms with E-state index in [0.29, 0.717) is 6.54 Å². The number of nitrogens with zero attached hydrogens (tertiary/aromatic N) is 3. The van der Waals surface area contributed by atoms with E-state index in [0.717, 1.165) is 27.6 Å². The number of fused-ring (bicyclic) bond motifs is 3. The maximum atomic E-state index is 5.33. The van der Waals surface area contributed by atoms with Crippen LogP contribution >= 0.6 is 0 Å². The van der Waals surface area contributed by atoms with Gasteiger partial charge in [0.05, 0.1) is 19.9 Å². The fourth-order valence-corrected chi connectivity index (χ4v) is 2.72. The number of hydrogen-bond acceptors (Lipinski definition) is 3. The molecule has 0 bridgehead atoms. The molecule has 4 heteroatoms. The van der Waals surface area contributed by atoms with Crippen molar-refractivity contribution in [1.82, 2.24) is 14.8 Å². The Morgan fingerprint density at radius 1 is 1.00 bits per heavy atom. The highest BCUT2D eigenvalue weighted by molar-refractivity contribution is 6.04. The molecule has 0 saturated heterocycles. The van der Waals surface area contributed by atoms with Gasteiger partial charge in [-0.3, -0.25) is 0 Å². The van der Waals surface area contributed by atoms with E-state index in [1.807, 2.05) is 53.5 Å². The minimum absolute atomic E-state index is 0.715. The molecule has 0 fully saturated rings. The van der Waals surface area contributed by atoms with Crippen molar-refractivity contribution in [1.29, 1.82) is 0 Å². The molecule has 108 valence electrons. The molecule has 0 aliphatic carbocycles. The number of ether oxygens (including phenoxy) is 1. The first-order valence-corrected chi connectivity index (χ1v) is 7.17. The summed E-state index contributed by atoms with van der Waals surface area (Å²) < 4.78 is 7.26. The van der Waals surface area contributed by atoms with Crippen molar-refractivity contribution < 1.29 is 4.74 Å². The second-order valence-electron chi connectivity index (χ2n) is 5.24. The van der Waals surface area contributed by atoms with E-state index < -0.39 is 0 Å². The molecule has 0 aliphatic heterocycles. The number of hydrogen-bond donors (Lipinski definition) is 0. The molecule has 2 aromatic heterocycles. The van der Waals surface area contributed by atoms with Crippen LogP contribution in [0.4, 0.5) is 0 Å². The van der Waals surface area contributed by atoms with Crippen molar-refractivity contribution in [3.8, 4) is 5.75 Å². The van der Waals surface area contributed by atoms with E-state index in [9.17, 15) is 0 Å². The Hall–Kier alpha value is -2.88. The summed E-state index contributed by atoms with van der Waals surface area (Å²) in [5.41, 5.74) is 2.10. The minimum Gasteiger partial charge on any atom is -0.497 e. The van der Waals surface area contributed by atoms with E-state index in [-0.39, 0.29) is 0 Å². The molecule has 22 heavy (non-hydrogen) atoms. The number of pyridine rings is 1. The standard InChI is InChI=1S/C18H15N3O/c1-22-15-8-7-14-10-19-18-17(16(14)9-15)11-20-21(18)12-13-5-3-2-4-6-13/h2-11H,12H2,1H3. The number of aromatic nitrogens is 3. The number of methoxy groups -OCH3 is 1. The molecule has 4 nitrogen and oxygen atoms in total. The average molecular weight is 289 g/mol. The summed E-state index contributed by atoms with van der Waals surface area (Å²) in [6.07, 6.45) is 3.77. The third-order valence-corrected chi connectivity index (χ3v) is 3.86. The topological polar surface area (TPSA) is 39.9 Å². The van der Waals surface area contributed by atoms with Gasteiger partial charge in [-0.1, -0.05) is 30.3 Å². The van der Waals surface area contributed by atoms with Crippen LogP contribution in [0.5, 0.6) is 5.75 Å². The first-order chi connectivity index (χ1) is 10.8. The lowest BCUT2D eigenvalue weighted by molar-refractivity contribution is 0.415. The number of benzene rings is 2. The molecule has 0 saturated carbocycles. The minimum atomic E-state index is 0.715. The average Bonchev–Trinajstić information content (AvgIpc) is 2.98. The molecule has 0 unspecified atom stereocenters. The van der Waals surface area contributed by atoms with E-state index >= 15 is 0 Å². The van der Waals surface area contributed by atoms with Gasteiger partial charge in [-0.05, 0) is 29.1 Å². The fourth-order valence-electron chi connectivity index (χ4n) is 2.72. The predicted octanol–water partition coefficient (Wildman–Crippen LogP) is 3.64. The molecular formula is C18H15N3O. The van der Waals surface area contributed by atoms with Crippen molar-refractivity contribution in [2.45, 2.75) is 6.54 Å². The Kier molecular flexibility index (Phi) is 3.00. The van der Waals surface area contributed by atoms with Crippen molar-refractivity contribution in [3.63, 3.8) is 0 Å². The van der Waals surface area contributed by atoms with Crippen LogP contribution in [0.1, 0.15) is 5.56 Å². The molecule has 0 atom stereocenters. The summed E-state index contributed by atoms with van der Waals surface area (Å²) in [5, 5.41) is 7.76. The smallest absolute Gasteiger partial charge is 0.158 e. The summed E-state index contributed by atoms with van der Waals surface area (Å²) in [6, 6.07) is 16.3. The molecule has 0 amide bonds. The summed E-state index contributed by atoms with van der Waals surface area (Å²) >= 11 is 0. The van der Waals surface area contributed by atoms with Gasteiger partial charge >= 0.3 is 0 Å². The lowest BCUT2D eigenvalue weighted by atomic mass is 10.1. The SMILES string of the molecule is COc1ccc2cnc3c(cnn3Cc3ccccc3)c2c1. The highest BCUT2D eigenvalue weighted by atomic mass is 16.5. The maximum absolute atomic E-state index is 5.33. The van der Waals surface area contributed by atoms with Crippen LogP contribution in [0.3, 0.4) is 0 Å². The van der Waals surface area contributed by atoms with E-state index in [1.54, 1.807) is 7.11 Å². The van der Waals surface area contributed by atoms with Gasteiger partial charge in [0.15, 0.2) is 5.65 Å². The Morgan fingerprint density at radius 3 is 2.68 bits per heavy atom. The van der Waals surface area contributed by atoms with Crippen LogP contribution in [-0.2, 0) is 6.54 Å². The van der Waals surface area contributed by atoms with E-state index in [2.05, 4.69) is 22.2 Å². The van der Waals surface area contributed by atoms with Gasteiger partial charge in [-0.2, -0.15) is 5.10 Å². The molecule has 0 N–H and O–H groups in total. The van der Waals surface area contributed by atoms with Gasteiger partial charge < -0.3 is 4.74 Å². The van der Waals surface area contributed by atoms with Gasteiger partial charge in [-0.15, -0.1) is 0 Å². The van der Waals surface area contributed by atoms with Crippen LogP contribution in [0.15, 0.2) is 60.9 Å². The van der Waals surface area contributed by atoms with Gasteiger partial charge in [0.2, 0.25) is 0 Å². The molecular weight excluding hydrogens is 274 g/mol. The zero-order chi connectivity index (χ0) is 14.9. The van der Waals surface area contributed by atoms with Gasteiger partial charge in [0, 0.05) is 17.0 Å². The number of rotatable bonds is 3. The maximum Gasteiger partial charge on any atom is 0.158 e. The Labute approximate surface area is 128 Å². The molecule has 4 rings (SSSR count). The van der Waals surface area contributed by atoms with E-state index in [1.165, 1.54) is 5.56 Å². The van der Waals surface area contributed by atoms with Crippen molar-refractivity contribution in [2.75, 3.05) is 7.11 Å². The molecule has 2 heterocycles. The quantitative estimate of drug-likeness (QED) is 0.578. The van der Waals surface area contributed by atoms with Gasteiger partial charge in [0.25, 0.3) is 0 Å². The van der Waals surface area contributed by atoms with Crippen LogP contribution < -0.4 is 4.74 Å². The van der Waals surface area contributed by atoms with Gasteiger partial charge in [-0.25, -0.2) is 9.67 Å². The predicted molar refractivity (Wildman–Crippen MR) is 87.1 cm³/mol. The van der Waals surface area contributed by atoms with Crippen LogP contribution in [0, 0.1) is 0 Å². The lowest BCUT2D eigenvalue weighted by Crippen LogP contribution is -2.02. The monoisotopic (exact) mass is 289 g/mol. The highest BCUT2D eigenvalue weighted by Crippen LogP contribution is 2.27. The fraction of sp³-hybridized carbons (Fsp3) is 0.111. The second-order valence-corrected chi connectivity index (χ2v) is 5.24. The Bertz CT molecular complexity index is 945. The highest BCUT2D eigenvalue weighted by Gasteiger charge is 2.09. The molecule has 2 aromatic carbocycles. The molecule has 0 aliphatic rings. The summed E-state index contributed by atoms with van der Waals surface area (Å²) in [5.74, 6) is 0.843. The third kappa shape index (κ3) is 2.09. The third-order valence-electron chi connectivity index (χ3n) is 3.86. The van der Waals surface area contributed by atoms with Crippen LogP contribution in [-0.4, -0.2) is 21.9 Å². The van der Waals surface area contributed by atoms with Gasteiger partial charge in [0.1, 0.15) is 5.75 Å². The zero-order valence-corrected chi connectivity index (χ0v) is 12.2. The second kappa shape index (κ2) is 5.15. The Balaban J connectivity index is 1.86. The molecule has 0 spiro atoms. The summed E-state index contributed by atoms with van der Waals surface area (Å²) in [4.78, 5) is 4.58. The largest absolute Gasteiger partial charge is 0.497 e. The van der Waals surface area contributed by atoms with Crippen molar-refractivity contribution in [3.05, 3.63) is 66.5 Å². The zero-order valence-electron chi connectivity index (χ0n) is 12.2. The van der Waals surface area contributed by atoms with E-state index in [4.69, 9.17) is 4.74 Å². The molecule has 0 radical (unpaired) electrons. The van der Waals surface area contributed by atoms with Crippen molar-refractivity contribution in [2.24, 2.45) is 0 Å². The first-order valence-electron chi connectivity index (χ1n) is 7.17. The molecule has 4 aromatic rings. The lowest BCUT2D eigenvalue weighted by Gasteiger charge is -2.05. The van der Waals surface area contributed by atoms with Crippen LogP contribution in [0.25, 0.3) is 21.8 Å². The first kappa shape index (κ1) is 12.8. The van der Waals surface area contributed by atoms with Crippen LogP contribution in [0.2, 0.25) is 0 Å². The normalized spacial score (nSPS) is 11.1. The summed E-state index contributed by atoms with van der Waals surface area (Å²) in [6.45, 7) is 0.715.